The number of aromatic nitrogens is 3. The number of aromatic amines is 1. The fourth-order valence-electron chi connectivity index (χ4n) is 0.187. The molecule has 0 aliphatic heterocycles. The molecule has 0 aliphatic rings. The van der Waals surface area contributed by atoms with Crippen molar-refractivity contribution in [2.24, 2.45) is 0 Å². The van der Waals surface area contributed by atoms with E-state index >= 15 is 0 Å². The predicted octanol–water partition coefficient (Wildman–Crippen LogP) is 1.22. The Balaban J connectivity index is 3.02. The lowest BCUT2D eigenvalue weighted by molar-refractivity contribution is 0.250. The molecular weight excluding hydrogens is 151 g/mol. The first-order chi connectivity index (χ1) is 3.39. The van der Waals surface area contributed by atoms with Crippen molar-refractivity contribution in [2.45, 2.75) is 0 Å². The highest BCUT2D eigenvalue weighted by Crippen LogP contribution is 2.07. The van der Waals surface area contributed by atoms with Crippen LogP contribution in [0, 0.1) is 0 Å². The molecule has 0 aliphatic carbocycles. The molecule has 1 rings (SSSR count). The summed E-state index contributed by atoms with van der Waals surface area (Å²) in [5, 5.41) is 8.59. The molecule has 0 fully saturated rings. The number of nitrogens with zero attached hydrogens (tertiary/aromatic N) is 2. The highest BCUT2D eigenvalue weighted by molar-refractivity contribution is 7.44. The maximum atomic E-state index is 8.59. The molecule has 1 aromatic rings. The third kappa shape index (κ3) is 1.67. The molecule has 2 unspecified atom stereocenters. The van der Waals surface area contributed by atoms with Gasteiger partial charge < -0.3 is 4.51 Å². The van der Waals surface area contributed by atoms with E-state index in [0.29, 0.717) is 25.5 Å². The molecule has 2 N–H and O–H groups in total. The molecule has 40 valence electrons. The molecule has 7 heavy (non-hydrogen) atoms. The Morgan fingerprint density at radius 3 is 3.00 bits per heavy atom. The van der Waals surface area contributed by atoms with Crippen molar-refractivity contribution in [1.82, 2.24) is 13.3 Å². The topological polar surface area (TPSA) is 53.8 Å². The Bertz CT molecular complexity index is 140. The van der Waals surface area contributed by atoms with Crippen LogP contribution in [0.5, 0.6) is 0 Å². The van der Waals surface area contributed by atoms with Crippen LogP contribution in [0.25, 0.3) is 0 Å². The Labute approximate surface area is 44.9 Å². The molecule has 2 atom stereocenters. The van der Waals surface area contributed by atoms with Crippen LogP contribution in [0.3, 0.4) is 0 Å². The van der Waals surface area contributed by atoms with E-state index < -0.39 is 0 Å². The van der Waals surface area contributed by atoms with Gasteiger partial charge in [-0.05, 0) is 0 Å². The van der Waals surface area contributed by atoms with E-state index in [-0.39, 0.29) is 0 Å². The maximum absolute atomic E-state index is 8.59. The zero-order valence-corrected chi connectivity index (χ0v) is 6.18. The van der Waals surface area contributed by atoms with E-state index in [9.17, 15) is 0 Å². The lowest BCUT2D eigenvalue weighted by Crippen LogP contribution is -1.73. The Kier molecular flexibility index (Phi) is 1.96. The molecule has 1 heterocycles. The summed E-state index contributed by atoms with van der Waals surface area (Å²) < 4.78 is 7.84. The lowest BCUT2D eigenvalue weighted by atomic mass is 13.5. The van der Waals surface area contributed by atoms with Gasteiger partial charge in [-0.25, -0.2) is 0 Å². The van der Waals surface area contributed by atoms with Crippen LogP contribution in [-0.2, 0) is 0 Å². The summed E-state index contributed by atoms with van der Waals surface area (Å²) in [6.45, 7) is 0. The molecule has 0 spiro atoms. The molecule has 7 heteroatoms. The third-order valence-electron chi connectivity index (χ3n) is 0.391. The number of H-pyrrole nitrogens is 1. The van der Waals surface area contributed by atoms with Gasteiger partial charge in [0.1, 0.15) is 0 Å². The van der Waals surface area contributed by atoms with Crippen molar-refractivity contribution in [2.75, 3.05) is 0 Å². The van der Waals surface area contributed by atoms with Crippen molar-refractivity contribution in [3.05, 3.63) is 0 Å². The van der Waals surface area contributed by atoms with Gasteiger partial charge in [0, 0.05) is 17.0 Å². The monoisotopic (exact) mass is 155 g/mol. The molecule has 0 saturated heterocycles. The summed E-state index contributed by atoms with van der Waals surface area (Å²) in [7, 11) is 1.45. The number of nitrogens with one attached hydrogen (secondary N) is 1. The maximum Gasteiger partial charge on any atom is 0.168 e. The standard InChI is InChI=1S/H4N3OP3/c4-3-6-1-5-2-7-3/h1,4-6H. The normalized spacial score (nSPS) is 12.1. The second-order valence-electron chi connectivity index (χ2n) is 0.827. The highest BCUT2D eigenvalue weighted by atomic mass is 31.1. The van der Waals surface area contributed by atoms with Gasteiger partial charge >= 0.3 is 0 Å². The predicted molar refractivity (Wildman–Crippen MR) is 32.9 cm³/mol. The first-order valence-corrected chi connectivity index (χ1v) is 4.24. The minimum absolute atomic E-state index is 0.321. The van der Waals surface area contributed by atoms with Gasteiger partial charge in [-0.1, -0.05) is 0 Å². The molecule has 1 aromatic heterocycles. The fraction of sp³-hybridized carbons (Fsp3) is 0. The van der Waals surface area contributed by atoms with E-state index in [1.165, 1.54) is 0 Å². The van der Waals surface area contributed by atoms with Gasteiger partial charge in [0.15, 0.2) is 8.51 Å². The summed E-state index contributed by atoms with van der Waals surface area (Å²) in [6.07, 6.45) is 0. The quantitative estimate of drug-likeness (QED) is 0.553. The van der Waals surface area contributed by atoms with E-state index in [0.717, 1.165) is 4.26 Å². The van der Waals surface area contributed by atoms with Crippen LogP contribution < -0.4 is 0 Å². The first kappa shape index (κ1) is 5.40. The van der Waals surface area contributed by atoms with Crippen LogP contribution in [0.2, 0.25) is 0 Å². The Morgan fingerprint density at radius 1 is 1.86 bits per heavy atom. The second kappa shape index (κ2) is 2.54. The smallest absolute Gasteiger partial charge is 0.168 e. The van der Waals surface area contributed by atoms with E-state index in [4.69, 9.17) is 5.21 Å². The van der Waals surface area contributed by atoms with Crippen LogP contribution in [-0.4, -0.2) is 18.5 Å². The molecule has 0 radical (unpaired) electrons. The van der Waals surface area contributed by atoms with Crippen molar-refractivity contribution in [3.8, 4) is 0 Å². The minimum Gasteiger partial charge on any atom is -0.311 e. The highest BCUT2D eigenvalue weighted by Gasteiger charge is 1.69. The van der Waals surface area contributed by atoms with Crippen LogP contribution in [0.1, 0.15) is 0 Å². The van der Waals surface area contributed by atoms with Crippen molar-refractivity contribution >= 4 is 25.5 Å². The molecule has 4 nitrogen and oxygen atoms in total. The lowest BCUT2D eigenvalue weighted by Gasteiger charge is -1.87. The van der Waals surface area contributed by atoms with Crippen LogP contribution >= 0.6 is 25.5 Å². The average Bonchev–Trinajstić information content (AvgIpc) is 1.69. The van der Waals surface area contributed by atoms with Crippen molar-refractivity contribution in [3.63, 3.8) is 0 Å². The van der Waals surface area contributed by atoms with Gasteiger partial charge in [-0.15, -0.1) is 0 Å². The van der Waals surface area contributed by atoms with Gasteiger partial charge in [0.2, 0.25) is 0 Å². The largest absolute Gasteiger partial charge is 0.311 e. The third-order valence-corrected chi connectivity index (χ3v) is 2.98. The number of hydrogen-bond donors (Lipinski definition) is 2. The SMILES string of the molecule is On1pn[pH][nH][pH]1. The van der Waals surface area contributed by atoms with Gasteiger partial charge in [0.05, 0.1) is 0 Å². The Hall–Kier alpha value is 0.260. The Morgan fingerprint density at radius 2 is 2.71 bits per heavy atom. The summed E-state index contributed by atoms with van der Waals surface area (Å²) in [6, 6.07) is 0. The molecule has 0 amide bonds. The van der Waals surface area contributed by atoms with Gasteiger partial charge in [-0.2, -0.15) is 8.76 Å². The molecular formula is H4N3OP3. The summed E-state index contributed by atoms with van der Waals surface area (Å²) in [5.41, 5.74) is 0. The first-order valence-electron chi connectivity index (χ1n) is 1.55. The van der Waals surface area contributed by atoms with Crippen molar-refractivity contribution < 1.29 is 5.21 Å². The van der Waals surface area contributed by atoms with E-state index in [1.807, 2.05) is 0 Å². The van der Waals surface area contributed by atoms with Gasteiger partial charge in [0.25, 0.3) is 0 Å². The number of hydrogen-bond acceptors (Lipinski definition) is 2. The molecule has 0 bridgehead atoms. The zero-order valence-electron chi connectivity index (χ0n) is 3.29. The average molecular weight is 155 g/mol. The summed E-state index contributed by atoms with van der Waals surface area (Å²) in [4.78, 5) is 0. The number of rotatable bonds is 0. The van der Waals surface area contributed by atoms with Crippen LogP contribution in [0.15, 0.2) is 0 Å². The summed E-state index contributed by atoms with van der Waals surface area (Å²) >= 11 is 0. The van der Waals surface area contributed by atoms with Gasteiger partial charge in [-0.3, -0.25) is 5.21 Å². The minimum atomic E-state index is 0.321. The van der Waals surface area contributed by atoms with Crippen LogP contribution in [0.4, 0.5) is 0 Å². The van der Waals surface area contributed by atoms with E-state index in [1.54, 1.807) is 0 Å². The molecule has 0 saturated carbocycles. The van der Waals surface area contributed by atoms with E-state index in [2.05, 4.69) is 9.02 Å². The second-order valence-corrected chi connectivity index (χ2v) is 4.43. The molecule has 0 aromatic carbocycles. The zero-order chi connectivity index (χ0) is 5.11. The van der Waals surface area contributed by atoms with Crippen molar-refractivity contribution in [1.29, 1.82) is 0 Å². The fourth-order valence-corrected chi connectivity index (χ4v) is 2.99. The summed E-state index contributed by atoms with van der Waals surface area (Å²) in [5.74, 6) is 0.